The Kier molecular flexibility index (Phi) is 13.9. The third-order valence-electron chi connectivity index (χ3n) is 4.36. The van der Waals surface area contributed by atoms with Crippen LogP contribution in [0.25, 0.3) is 6.08 Å². The minimum Gasteiger partial charge on any atom is -0.459 e. The van der Waals surface area contributed by atoms with Gasteiger partial charge in [-0.05, 0) is 30.2 Å². The highest BCUT2D eigenvalue weighted by Gasteiger charge is 2.12. The molecule has 1 aromatic rings. The number of hydrogen-bond donors (Lipinski definition) is 0. The van der Waals surface area contributed by atoms with E-state index >= 15 is 0 Å². The second-order valence-electron chi connectivity index (χ2n) is 6.71. The summed E-state index contributed by atoms with van der Waals surface area (Å²) < 4.78 is 20.3. The second-order valence-corrected chi connectivity index (χ2v) is 6.71. The Morgan fingerprint density at radius 2 is 1.78 bits per heavy atom. The highest BCUT2D eigenvalue weighted by molar-refractivity contribution is 5.97. The van der Waals surface area contributed by atoms with Gasteiger partial charge in [-0.3, -0.25) is 0 Å². The van der Waals surface area contributed by atoms with Gasteiger partial charge in [0.05, 0.1) is 19.8 Å². The Hall–Kier alpha value is -3.15. The zero-order valence-electron chi connectivity index (χ0n) is 18.9. The molecule has 0 amide bonds. The molecule has 0 N–H and O–H groups in total. The number of benzene rings is 1. The van der Waals surface area contributed by atoms with E-state index in [9.17, 15) is 14.9 Å². The first kappa shape index (κ1) is 26.9. The minimum absolute atomic E-state index is 0.104. The van der Waals surface area contributed by atoms with E-state index in [4.69, 9.17) is 18.9 Å². The van der Waals surface area contributed by atoms with Crippen molar-refractivity contribution < 1.29 is 28.5 Å². The van der Waals surface area contributed by atoms with Gasteiger partial charge in [-0.15, -0.1) is 0 Å². The molecule has 174 valence electrons. The predicted octanol–water partition coefficient (Wildman–Crippen LogP) is 3.14. The van der Waals surface area contributed by atoms with Crippen molar-refractivity contribution in [2.75, 3.05) is 58.1 Å². The summed E-state index contributed by atoms with van der Waals surface area (Å²) >= 11 is 0. The first-order valence-electron chi connectivity index (χ1n) is 10.6. The predicted molar refractivity (Wildman–Crippen MR) is 122 cm³/mol. The molecule has 32 heavy (non-hydrogen) atoms. The van der Waals surface area contributed by atoms with Gasteiger partial charge < -0.3 is 23.8 Å². The van der Waals surface area contributed by atoms with E-state index in [0.717, 1.165) is 37.7 Å². The number of carbonyl (C=O) groups excluding carboxylic acids is 2. The molecular formula is C24H32N2O6. The Balaban J connectivity index is 2.71. The van der Waals surface area contributed by atoms with Crippen LogP contribution in [0.3, 0.4) is 0 Å². The summed E-state index contributed by atoms with van der Waals surface area (Å²) in [5.74, 6) is -1.38. The molecule has 0 aromatic heterocycles. The Labute approximate surface area is 190 Å². The van der Waals surface area contributed by atoms with E-state index in [1.807, 2.05) is 30.3 Å². The molecule has 0 saturated heterocycles. The Bertz CT molecular complexity index is 783. The van der Waals surface area contributed by atoms with Crippen LogP contribution >= 0.6 is 0 Å². The number of carbonyl (C=O) groups is 2. The van der Waals surface area contributed by atoms with E-state index < -0.39 is 11.9 Å². The van der Waals surface area contributed by atoms with E-state index in [-0.39, 0.29) is 18.8 Å². The van der Waals surface area contributed by atoms with Crippen LogP contribution in [0.5, 0.6) is 0 Å². The van der Waals surface area contributed by atoms with Crippen LogP contribution in [-0.4, -0.2) is 65.2 Å². The molecule has 0 aliphatic carbocycles. The number of ether oxygens (including phenoxy) is 4. The fourth-order valence-electron chi connectivity index (χ4n) is 2.64. The summed E-state index contributed by atoms with van der Waals surface area (Å²) in [6, 6.07) is 9.43. The Morgan fingerprint density at radius 3 is 2.41 bits per heavy atom. The molecule has 8 nitrogen and oxygen atoms in total. The number of anilines is 1. The first-order valence-corrected chi connectivity index (χ1v) is 10.6. The minimum atomic E-state index is -0.774. The summed E-state index contributed by atoms with van der Waals surface area (Å²) in [5, 5.41) is 9.29. The quantitative estimate of drug-likeness (QED) is 0.166. The number of hydrogen-bond acceptors (Lipinski definition) is 8. The van der Waals surface area contributed by atoms with Crippen LogP contribution in [0.4, 0.5) is 5.69 Å². The molecule has 0 atom stereocenters. The number of nitrogens with zero attached hydrogens (tertiary/aromatic N) is 2. The van der Waals surface area contributed by atoms with Gasteiger partial charge >= 0.3 is 11.9 Å². The normalized spacial score (nSPS) is 10.8. The van der Waals surface area contributed by atoms with Crippen LogP contribution in [0.15, 0.2) is 42.5 Å². The van der Waals surface area contributed by atoms with Crippen molar-refractivity contribution >= 4 is 23.7 Å². The molecule has 0 radical (unpaired) electrons. The zero-order chi connectivity index (χ0) is 23.6. The summed E-state index contributed by atoms with van der Waals surface area (Å²) in [5.41, 5.74) is 1.60. The average Bonchev–Trinajstić information content (AvgIpc) is 2.82. The maximum atomic E-state index is 12.1. The van der Waals surface area contributed by atoms with Crippen LogP contribution in [0, 0.1) is 11.3 Å². The number of unbranched alkanes of at least 4 members (excludes halogenated alkanes) is 1. The number of esters is 2. The lowest BCUT2D eigenvalue weighted by Crippen LogP contribution is -2.28. The summed E-state index contributed by atoms with van der Waals surface area (Å²) in [6.45, 7) is 8.56. The van der Waals surface area contributed by atoms with Crippen LogP contribution in [-0.2, 0) is 28.5 Å². The largest absolute Gasteiger partial charge is 0.459 e. The SMILES string of the molecule is C=CC(=O)OCCOC(=O)C(C#N)=Cc1ccc(N(CCCC)CCOCCOC)cc1. The smallest absolute Gasteiger partial charge is 0.349 e. The van der Waals surface area contributed by atoms with Crippen molar-refractivity contribution in [2.24, 2.45) is 0 Å². The summed E-state index contributed by atoms with van der Waals surface area (Å²) in [6.07, 6.45) is 4.63. The van der Waals surface area contributed by atoms with Crippen LogP contribution < -0.4 is 4.90 Å². The fourth-order valence-corrected chi connectivity index (χ4v) is 2.64. The second kappa shape index (κ2) is 16.5. The highest BCUT2D eigenvalue weighted by Crippen LogP contribution is 2.18. The molecule has 0 saturated carbocycles. The van der Waals surface area contributed by atoms with E-state index in [2.05, 4.69) is 18.4 Å². The van der Waals surface area contributed by atoms with Crippen molar-refractivity contribution in [1.82, 2.24) is 0 Å². The van der Waals surface area contributed by atoms with Gasteiger partial charge in [0, 0.05) is 32.0 Å². The van der Waals surface area contributed by atoms with Crippen molar-refractivity contribution in [3.8, 4) is 6.07 Å². The van der Waals surface area contributed by atoms with E-state index in [1.165, 1.54) is 6.08 Å². The standard InChI is InChI=1S/C24H32N2O6/c1-4-6-11-26(12-13-30-15-14-29-3)22-9-7-20(8-10-22)18-21(19-25)24(28)32-17-16-31-23(27)5-2/h5,7-10,18H,2,4,6,11-17H2,1,3H3. The van der Waals surface area contributed by atoms with Gasteiger partial charge in [0.15, 0.2) is 0 Å². The monoisotopic (exact) mass is 444 g/mol. The molecule has 0 spiro atoms. The molecule has 0 bridgehead atoms. The molecule has 0 aliphatic heterocycles. The van der Waals surface area contributed by atoms with Gasteiger partial charge in [-0.2, -0.15) is 5.26 Å². The van der Waals surface area contributed by atoms with Gasteiger partial charge in [0.25, 0.3) is 0 Å². The fraction of sp³-hybridized carbons (Fsp3) is 0.458. The van der Waals surface area contributed by atoms with Crippen LogP contribution in [0.2, 0.25) is 0 Å². The van der Waals surface area contributed by atoms with Gasteiger partial charge in [-0.25, -0.2) is 9.59 Å². The first-order chi connectivity index (χ1) is 15.5. The molecule has 1 aromatic carbocycles. The lowest BCUT2D eigenvalue weighted by molar-refractivity contribution is -0.146. The van der Waals surface area contributed by atoms with Crippen molar-refractivity contribution in [3.63, 3.8) is 0 Å². The molecule has 0 heterocycles. The number of nitriles is 1. The lowest BCUT2D eigenvalue weighted by atomic mass is 10.1. The van der Waals surface area contributed by atoms with Crippen molar-refractivity contribution in [3.05, 3.63) is 48.1 Å². The third-order valence-corrected chi connectivity index (χ3v) is 4.36. The van der Waals surface area contributed by atoms with Gasteiger partial charge in [-0.1, -0.05) is 32.1 Å². The number of rotatable bonds is 16. The van der Waals surface area contributed by atoms with E-state index in [0.29, 0.717) is 25.4 Å². The van der Waals surface area contributed by atoms with Crippen molar-refractivity contribution in [2.45, 2.75) is 19.8 Å². The molecule has 0 fully saturated rings. The van der Waals surface area contributed by atoms with E-state index in [1.54, 1.807) is 7.11 Å². The van der Waals surface area contributed by atoms with Gasteiger partial charge in [0.1, 0.15) is 24.9 Å². The summed E-state index contributed by atoms with van der Waals surface area (Å²) in [7, 11) is 1.64. The lowest BCUT2D eigenvalue weighted by Gasteiger charge is -2.25. The maximum Gasteiger partial charge on any atom is 0.349 e. The number of methoxy groups -OCH3 is 1. The summed E-state index contributed by atoms with van der Waals surface area (Å²) in [4.78, 5) is 25.3. The molecule has 8 heteroatoms. The molecule has 0 unspecified atom stereocenters. The molecule has 0 aliphatic rings. The molecule has 1 rings (SSSR count). The maximum absolute atomic E-state index is 12.1. The van der Waals surface area contributed by atoms with Gasteiger partial charge in [0.2, 0.25) is 0 Å². The topological polar surface area (TPSA) is 98.1 Å². The third kappa shape index (κ3) is 10.8. The van der Waals surface area contributed by atoms with Crippen LogP contribution in [0.1, 0.15) is 25.3 Å². The van der Waals surface area contributed by atoms with Crippen molar-refractivity contribution in [1.29, 1.82) is 5.26 Å². The average molecular weight is 445 g/mol. The zero-order valence-corrected chi connectivity index (χ0v) is 18.9. The molecular weight excluding hydrogens is 412 g/mol. The Morgan fingerprint density at radius 1 is 1.06 bits per heavy atom. The highest BCUT2D eigenvalue weighted by atomic mass is 16.6.